The van der Waals surface area contributed by atoms with Gasteiger partial charge in [-0.3, -0.25) is 4.98 Å². The topological polar surface area (TPSA) is 12.9 Å². The van der Waals surface area contributed by atoms with Crippen LogP contribution >= 0.6 is 0 Å². The summed E-state index contributed by atoms with van der Waals surface area (Å²) in [5.41, 5.74) is 3.53. The van der Waals surface area contributed by atoms with Crippen LogP contribution < -0.4 is 0 Å². The Bertz CT molecular complexity index is 432. The van der Waals surface area contributed by atoms with Crippen LogP contribution in [0, 0.1) is 0 Å². The number of benzene rings is 1. The average molecular weight is 181 g/mol. The van der Waals surface area contributed by atoms with E-state index in [9.17, 15) is 0 Å². The van der Waals surface area contributed by atoms with Crippen molar-refractivity contribution in [2.24, 2.45) is 0 Å². The Balaban J connectivity index is 2.57. The van der Waals surface area contributed by atoms with Gasteiger partial charge in [-0.1, -0.05) is 36.9 Å². The maximum absolute atomic E-state index is 4.00. The molecule has 1 aromatic heterocycles. The Hall–Kier alpha value is -1.89. The maximum Gasteiger partial charge on any atom is 0.0273 e. The first kappa shape index (κ1) is 8.70. The first-order valence-electron chi connectivity index (χ1n) is 4.53. The predicted octanol–water partition coefficient (Wildman–Crippen LogP) is 3.39. The van der Waals surface area contributed by atoms with Crippen molar-refractivity contribution in [3.63, 3.8) is 0 Å². The minimum atomic E-state index is 1.15. The van der Waals surface area contributed by atoms with E-state index in [2.05, 4.69) is 23.7 Å². The van der Waals surface area contributed by atoms with Crippen LogP contribution in [0.2, 0.25) is 0 Å². The molecule has 0 amide bonds. The molecule has 1 nitrogen and oxygen atoms in total. The van der Waals surface area contributed by atoms with Gasteiger partial charge in [0.15, 0.2) is 0 Å². The van der Waals surface area contributed by atoms with E-state index in [0.29, 0.717) is 0 Å². The fraction of sp³-hybridized carbons (Fsp3) is 0. The van der Waals surface area contributed by atoms with Crippen LogP contribution in [0.15, 0.2) is 55.4 Å². The van der Waals surface area contributed by atoms with Gasteiger partial charge in [-0.2, -0.15) is 0 Å². The molecule has 1 heteroatoms. The van der Waals surface area contributed by atoms with Gasteiger partial charge >= 0.3 is 0 Å². The van der Waals surface area contributed by atoms with Crippen LogP contribution in [0.3, 0.4) is 0 Å². The van der Waals surface area contributed by atoms with Crippen LogP contribution in [0.4, 0.5) is 0 Å². The van der Waals surface area contributed by atoms with Gasteiger partial charge in [-0.05, 0) is 28.8 Å². The molecule has 0 saturated carbocycles. The van der Waals surface area contributed by atoms with Gasteiger partial charge in [-0.25, -0.2) is 0 Å². The van der Waals surface area contributed by atoms with Crippen LogP contribution in [0.1, 0.15) is 5.56 Å². The third-order valence-corrected chi connectivity index (χ3v) is 2.17. The molecule has 14 heavy (non-hydrogen) atoms. The number of aromatic nitrogens is 1. The summed E-state index contributed by atoms with van der Waals surface area (Å²) in [4.78, 5) is 4.00. The molecule has 0 atom stereocenters. The van der Waals surface area contributed by atoms with Crippen molar-refractivity contribution >= 4 is 6.08 Å². The zero-order valence-corrected chi connectivity index (χ0v) is 7.85. The summed E-state index contributed by atoms with van der Waals surface area (Å²) >= 11 is 0. The molecule has 2 aromatic rings. The number of hydrogen-bond acceptors (Lipinski definition) is 1. The first-order chi connectivity index (χ1) is 6.92. The Morgan fingerprint density at radius 3 is 2.43 bits per heavy atom. The molecule has 0 aliphatic heterocycles. The second kappa shape index (κ2) is 3.88. The molecule has 0 N–H and O–H groups in total. The SMILES string of the molecule is C=Cc1ccccc1-c1ccncc1. The highest BCUT2D eigenvalue weighted by atomic mass is 14.6. The van der Waals surface area contributed by atoms with Crippen molar-refractivity contribution in [2.45, 2.75) is 0 Å². The molecular formula is C13H11N. The highest BCUT2D eigenvalue weighted by molar-refractivity contribution is 5.74. The minimum Gasteiger partial charge on any atom is -0.265 e. The van der Waals surface area contributed by atoms with Crippen LogP contribution in [-0.4, -0.2) is 4.98 Å². The fourth-order valence-corrected chi connectivity index (χ4v) is 1.47. The molecule has 0 spiro atoms. The molecule has 0 aliphatic carbocycles. The fourth-order valence-electron chi connectivity index (χ4n) is 1.47. The summed E-state index contributed by atoms with van der Waals surface area (Å²) in [7, 11) is 0. The molecule has 0 saturated heterocycles. The number of hydrogen-bond donors (Lipinski definition) is 0. The third kappa shape index (κ3) is 1.57. The van der Waals surface area contributed by atoms with Crippen LogP contribution in [0.25, 0.3) is 17.2 Å². The molecule has 1 heterocycles. The molecule has 0 bridgehead atoms. The summed E-state index contributed by atoms with van der Waals surface area (Å²) in [6.07, 6.45) is 5.47. The van der Waals surface area contributed by atoms with E-state index in [1.165, 1.54) is 11.1 Å². The Labute approximate surface area is 83.7 Å². The van der Waals surface area contributed by atoms with Gasteiger partial charge in [0.25, 0.3) is 0 Å². The number of rotatable bonds is 2. The van der Waals surface area contributed by atoms with Crippen molar-refractivity contribution < 1.29 is 0 Å². The Morgan fingerprint density at radius 2 is 1.71 bits per heavy atom. The monoisotopic (exact) mass is 181 g/mol. The normalized spacial score (nSPS) is 9.71. The van der Waals surface area contributed by atoms with Gasteiger partial charge in [0.1, 0.15) is 0 Å². The summed E-state index contributed by atoms with van der Waals surface area (Å²) < 4.78 is 0. The van der Waals surface area contributed by atoms with Gasteiger partial charge in [0.2, 0.25) is 0 Å². The lowest BCUT2D eigenvalue weighted by Gasteiger charge is -2.04. The molecule has 0 aliphatic rings. The lowest BCUT2D eigenvalue weighted by atomic mass is 10.0. The standard InChI is InChI=1S/C13H11N/c1-2-11-5-3-4-6-13(11)12-7-9-14-10-8-12/h2-10H,1H2. The van der Waals surface area contributed by atoms with Crippen LogP contribution in [0.5, 0.6) is 0 Å². The van der Waals surface area contributed by atoms with Crippen LogP contribution in [-0.2, 0) is 0 Å². The van der Waals surface area contributed by atoms with Crippen molar-refractivity contribution in [1.82, 2.24) is 4.98 Å². The van der Waals surface area contributed by atoms with E-state index in [0.717, 1.165) is 5.56 Å². The van der Waals surface area contributed by atoms with Crippen molar-refractivity contribution in [3.8, 4) is 11.1 Å². The van der Waals surface area contributed by atoms with E-state index in [1.807, 2.05) is 30.3 Å². The number of pyridine rings is 1. The van der Waals surface area contributed by atoms with Gasteiger partial charge in [0.05, 0.1) is 0 Å². The molecule has 0 radical (unpaired) electrons. The largest absolute Gasteiger partial charge is 0.265 e. The lowest BCUT2D eigenvalue weighted by Crippen LogP contribution is -1.82. The van der Waals surface area contributed by atoms with E-state index in [1.54, 1.807) is 12.4 Å². The second-order valence-electron chi connectivity index (χ2n) is 3.03. The molecule has 1 aromatic carbocycles. The van der Waals surface area contributed by atoms with Gasteiger partial charge < -0.3 is 0 Å². The first-order valence-corrected chi connectivity index (χ1v) is 4.53. The zero-order chi connectivity index (χ0) is 9.80. The van der Waals surface area contributed by atoms with E-state index >= 15 is 0 Å². The van der Waals surface area contributed by atoms with E-state index < -0.39 is 0 Å². The average Bonchev–Trinajstić information content (AvgIpc) is 2.30. The molecule has 0 unspecified atom stereocenters. The molecular weight excluding hydrogens is 170 g/mol. The Kier molecular flexibility index (Phi) is 2.41. The van der Waals surface area contributed by atoms with Gasteiger partial charge in [0, 0.05) is 12.4 Å². The highest BCUT2D eigenvalue weighted by Crippen LogP contribution is 2.23. The summed E-state index contributed by atoms with van der Waals surface area (Å²) in [6, 6.07) is 12.2. The quantitative estimate of drug-likeness (QED) is 0.692. The van der Waals surface area contributed by atoms with Crippen molar-refractivity contribution in [3.05, 3.63) is 60.9 Å². The summed E-state index contributed by atoms with van der Waals surface area (Å²) in [5, 5.41) is 0. The summed E-state index contributed by atoms with van der Waals surface area (Å²) in [6.45, 7) is 3.80. The molecule has 0 fully saturated rings. The Morgan fingerprint density at radius 1 is 1.00 bits per heavy atom. The zero-order valence-electron chi connectivity index (χ0n) is 7.85. The van der Waals surface area contributed by atoms with Crippen molar-refractivity contribution in [2.75, 3.05) is 0 Å². The number of nitrogens with zero attached hydrogens (tertiary/aromatic N) is 1. The van der Waals surface area contributed by atoms with Gasteiger partial charge in [-0.15, -0.1) is 0 Å². The lowest BCUT2D eigenvalue weighted by molar-refractivity contribution is 1.33. The predicted molar refractivity (Wildman–Crippen MR) is 59.8 cm³/mol. The molecule has 2 rings (SSSR count). The smallest absolute Gasteiger partial charge is 0.0273 e. The van der Waals surface area contributed by atoms with Crippen molar-refractivity contribution in [1.29, 1.82) is 0 Å². The highest BCUT2D eigenvalue weighted by Gasteiger charge is 1.99. The van der Waals surface area contributed by atoms with E-state index in [-0.39, 0.29) is 0 Å². The third-order valence-electron chi connectivity index (χ3n) is 2.17. The molecule has 68 valence electrons. The maximum atomic E-state index is 4.00. The minimum absolute atomic E-state index is 1.15. The van der Waals surface area contributed by atoms with E-state index in [4.69, 9.17) is 0 Å². The second-order valence-corrected chi connectivity index (χ2v) is 3.03. The summed E-state index contributed by atoms with van der Waals surface area (Å²) in [5.74, 6) is 0.